The van der Waals surface area contributed by atoms with Crippen molar-refractivity contribution in [2.24, 2.45) is 0 Å². The van der Waals surface area contributed by atoms with Crippen molar-refractivity contribution in [2.75, 3.05) is 6.61 Å². The molecule has 0 aliphatic heterocycles. The van der Waals surface area contributed by atoms with E-state index >= 15 is 0 Å². The molecule has 0 spiro atoms. The standard InChI is InChI=1S/C14H16N4O4/c19-10-13(11-4-2-1-3-5-11)16-14(20)6-7-17-9-12(8-15-17)18(21)22/h1-5,8-9,13,19H,6-7,10H2,(H,16,20). The van der Waals surface area contributed by atoms with Crippen LogP contribution in [0.15, 0.2) is 42.7 Å². The van der Waals surface area contributed by atoms with E-state index in [1.807, 2.05) is 30.3 Å². The number of hydrogen-bond donors (Lipinski definition) is 2. The second kappa shape index (κ2) is 7.32. The minimum atomic E-state index is -0.541. The zero-order valence-corrected chi connectivity index (χ0v) is 11.8. The first-order valence-corrected chi connectivity index (χ1v) is 6.72. The van der Waals surface area contributed by atoms with E-state index < -0.39 is 11.0 Å². The van der Waals surface area contributed by atoms with Crippen molar-refractivity contribution in [1.82, 2.24) is 15.1 Å². The van der Waals surface area contributed by atoms with Crippen LogP contribution in [0.4, 0.5) is 5.69 Å². The Morgan fingerprint density at radius 1 is 1.41 bits per heavy atom. The molecule has 0 aliphatic carbocycles. The van der Waals surface area contributed by atoms with Crippen molar-refractivity contribution >= 4 is 11.6 Å². The molecule has 1 atom stereocenters. The number of carbonyl (C=O) groups excluding carboxylic acids is 1. The Hall–Kier alpha value is -2.74. The van der Waals surface area contributed by atoms with Gasteiger partial charge >= 0.3 is 5.69 Å². The van der Waals surface area contributed by atoms with Crippen LogP contribution < -0.4 is 5.32 Å². The lowest BCUT2D eigenvalue weighted by Gasteiger charge is -2.16. The molecule has 2 aromatic rings. The first kappa shape index (κ1) is 15.6. The highest BCUT2D eigenvalue weighted by Gasteiger charge is 2.14. The first-order valence-electron chi connectivity index (χ1n) is 6.72. The Kier molecular flexibility index (Phi) is 5.21. The maximum Gasteiger partial charge on any atom is 0.306 e. The van der Waals surface area contributed by atoms with E-state index in [9.17, 15) is 20.0 Å². The van der Waals surface area contributed by atoms with Gasteiger partial charge in [0.25, 0.3) is 0 Å². The van der Waals surface area contributed by atoms with Gasteiger partial charge in [-0.2, -0.15) is 5.10 Å². The maximum absolute atomic E-state index is 11.9. The smallest absolute Gasteiger partial charge is 0.306 e. The van der Waals surface area contributed by atoms with Gasteiger partial charge in [0.15, 0.2) is 0 Å². The van der Waals surface area contributed by atoms with Gasteiger partial charge in [0.1, 0.15) is 12.4 Å². The molecule has 1 amide bonds. The van der Waals surface area contributed by atoms with Gasteiger partial charge < -0.3 is 10.4 Å². The fourth-order valence-corrected chi connectivity index (χ4v) is 1.97. The molecular weight excluding hydrogens is 288 g/mol. The summed E-state index contributed by atoms with van der Waals surface area (Å²) in [6.07, 6.45) is 2.52. The average Bonchev–Trinajstić information content (AvgIpc) is 3.01. The maximum atomic E-state index is 11.9. The molecule has 0 saturated carbocycles. The minimum Gasteiger partial charge on any atom is -0.394 e. The predicted molar refractivity (Wildman–Crippen MR) is 77.9 cm³/mol. The molecule has 1 aromatic carbocycles. The van der Waals surface area contributed by atoms with E-state index in [4.69, 9.17) is 0 Å². The molecular formula is C14H16N4O4. The number of nitrogens with zero attached hydrogens (tertiary/aromatic N) is 3. The predicted octanol–water partition coefficient (Wildman–Crippen LogP) is 1.03. The number of nitrogens with one attached hydrogen (secondary N) is 1. The number of hydrogen-bond acceptors (Lipinski definition) is 5. The van der Waals surface area contributed by atoms with Crippen molar-refractivity contribution < 1.29 is 14.8 Å². The third-order valence-electron chi connectivity index (χ3n) is 3.12. The summed E-state index contributed by atoms with van der Waals surface area (Å²) in [5.41, 5.74) is 0.700. The summed E-state index contributed by atoms with van der Waals surface area (Å²) in [5, 5.41) is 26.4. The van der Waals surface area contributed by atoms with Gasteiger partial charge in [0.2, 0.25) is 5.91 Å². The molecule has 0 saturated heterocycles. The molecule has 1 unspecified atom stereocenters. The van der Waals surface area contributed by atoms with Crippen LogP contribution in [0.5, 0.6) is 0 Å². The number of nitro groups is 1. The molecule has 0 radical (unpaired) electrons. The van der Waals surface area contributed by atoms with E-state index in [-0.39, 0.29) is 31.2 Å². The second-order valence-electron chi connectivity index (χ2n) is 4.68. The van der Waals surface area contributed by atoms with Crippen LogP contribution in [-0.2, 0) is 11.3 Å². The van der Waals surface area contributed by atoms with Gasteiger partial charge in [-0.05, 0) is 5.56 Å². The fraction of sp³-hybridized carbons (Fsp3) is 0.286. The van der Waals surface area contributed by atoms with E-state index in [0.29, 0.717) is 0 Å². The van der Waals surface area contributed by atoms with Crippen LogP contribution in [0.3, 0.4) is 0 Å². The molecule has 2 N–H and O–H groups in total. The third-order valence-corrected chi connectivity index (χ3v) is 3.12. The number of benzene rings is 1. The van der Waals surface area contributed by atoms with Crippen LogP contribution in [0.2, 0.25) is 0 Å². The quantitative estimate of drug-likeness (QED) is 0.586. The van der Waals surface area contributed by atoms with Crippen molar-refractivity contribution in [3.05, 3.63) is 58.4 Å². The zero-order chi connectivity index (χ0) is 15.9. The fourth-order valence-electron chi connectivity index (χ4n) is 1.97. The van der Waals surface area contributed by atoms with Gasteiger partial charge in [-0.15, -0.1) is 0 Å². The van der Waals surface area contributed by atoms with Crippen LogP contribution in [0.25, 0.3) is 0 Å². The lowest BCUT2D eigenvalue weighted by Crippen LogP contribution is -2.31. The molecule has 22 heavy (non-hydrogen) atoms. The Balaban J connectivity index is 1.87. The van der Waals surface area contributed by atoms with Gasteiger partial charge in [-0.25, -0.2) is 0 Å². The Morgan fingerprint density at radius 3 is 2.73 bits per heavy atom. The number of amides is 1. The van der Waals surface area contributed by atoms with E-state index in [1.165, 1.54) is 10.9 Å². The molecule has 116 valence electrons. The Morgan fingerprint density at radius 2 is 2.14 bits per heavy atom. The van der Waals surface area contributed by atoms with Gasteiger partial charge in [0, 0.05) is 13.0 Å². The zero-order valence-electron chi connectivity index (χ0n) is 11.8. The van der Waals surface area contributed by atoms with Gasteiger partial charge in [-0.3, -0.25) is 19.6 Å². The van der Waals surface area contributed by atoms with Crippen LogP contribution in [0, 0.1) is 10.1 Å². The molecule has 1 aromatic heterocycles. The van der Waals surface area contributed by atoms with Crippen molar-refractivity contribution in [2.45, 2.75) is 19.0 Å². The minimum absolute atomic E-state index is 0.113. The van der Waals surface area contributed by atoms with E-state index in [2.05, 4.69) is 10.4 Å². The average molecular weight is 304 g/mol. The Bertz CT molecular complexity index is 641. The number of aliphatic hydroxyl groups is 1. The lowest BCUT2D eigenvalue weighted by molar-refractivity contribution is -0.385. The van der Waals surface area contributed by atoms with E-state index in [1.54, 1.807) is 0 Å². The largest absolute Gasteiger partial charge is 0.394 e. The SMILES string of the molecule is O=C(CCn1cc([N+](=O)[O-])cn1)NC(CO)c1ccccc1. The topological polar surface area (TPSA) is 110 Å². The number of aromatic nitrogens is 2. The number of aryl methyl sites for hydroxylation is 1. The number of rotatable bonds is 7. The molecule has 8 heteroatoms. The van der Waals surface area contributed by atoms with E-state index in [0.717, 1.165) is 11.8 Å². The van der Waals surface area contributed by atoms with Crippen molar-refractivity contribution in [1.29, 1.82) is 0 Å². The van der Waals surface area contributed by atoms with Crippen LogP contribution in [-0.4, -0.2) is 32.3 Å². The summed E-state index contributed by atoms with van der Waals surface area (Å²) in [7, 11) is 0. The van der Waals surface area contributed by atoms with Crippen molar-refractivity contribution in [3.8, 4) is 0 Å². The first-order chi connectivity index (χ1) is 10.6. The summed E-state index contributed by atoms with van der Waals surface area (Å²) in [6.45, 7) is 0.0234. The summed E-state index contributed by atoms with van der Waals surface area (Å²) >= 11 is 0. The summed E-state index contributed by atoms with van der Waals surface area (Å²) in [6, 6.07) is 8.67. The number of aliphatic hydroxyl groups excluding tert-OH is 1. The summed E-state index contributed by atoms with van der Waals surface area (Å²) < 4.78 is 1.34. The monoisotopic (exact) mass is 304 g/mol. The Labute approximate surface area is 126 Å². The molecule has 2 rings (SSSR count). The molecule has 0 aliphatic rings. The normalized spacial score (nSPS) is 11.9. The van der Waals surface area contributed by atoms with Crippen LogP contribution >= 0.6 is 0 Å². The summed E-state index contributed by atoms with van der Waals surface area (Å²) in [5.74, 6) is -0.263. The third kappa shape index (κ3) is 4.13. The van der Waals surface area contributed by atoms with Gasteiger partial charge in [-0.1, -0.05) is 30.3 Å². The molecule has 0 fully saturated rings. The lowest BCUT2D eigenvalue weighted by atomic mass is 10.1. The highest BCUT2D eigenvalue weighted by Crippen LogP contribution is 2.12. The number of carbonyl (C=O) groups is 1. The molecule has 1 heterocycles. The van der Waals surface area contributed by atoms with Crippen molar-refractivity contribution in [3.63, 3.8) is 0 Å². The molecule has 8 nitrogen and oxygen atoms in total. The highest BCUT2D eigenvalue weighted by atomic mass is 16.6. The van der Waals surface area contributed by atoms with Gasteiger partial charge in [0.05, 0.1) is 17.6 Å². The second-order valence-corrected chi connectivity index (χ2v) is 4.68. The van der Waals surface area contributed by atoms with Crippen LogP contribution in [0.1, 0.15) is 18.0 Å². The summed E-state index contributed by atoms with van der Waals surface area (Å²) in [4.78, 5) is 21.9. The molecule has 0 bridgehead atoms. The highest BCUT2D eigenvalue weighted by molar-refractivity contribution is 5.76.